The summed E-state index contributed by atoms with van der Waals surface area (Å²) in [7, 11) is -1.39. The summed E-state index contributed by atoms with van der Waals surface area (Å²) in [4.78, 5) is 2.00. The number of nitrogens with two attached hydrogens (primary N) is 1. The molecule has 0 amide bonds. The van der Waals surface area contributed by atoms with Gasteiger partial charge in [0.2, 0.25) is 10.0 Å². The molecule has 0 bridgehead atoms. The van der Waals surface area contributed by atoms with E-state index in [9.17, 15) is 8.42 Å². The molecule has 0 atom stereocenters. The molecular weight excluding hydrogens is 296 g/mol. The Hall–Kier alpha value is -1.81. The Morgan fingerprint density at radius 3 is 2.38 bits per heavy atom. The van der Waals surface area contributed by atoms with Crippen LogP contribution in [0.25, 0.3) is 0 Å². The van der Waals surface area contributed by atoms with E-state index in [4.69, 9.17) is 10.9 Å². The Morgan fingerprint density at radius 2 is 1.90 bits per heavy atom. The third-order valence-electron chi connectivity index (χ3n) is 3.56. The molecule has 1 aliphatic heterocycles. The van der Waals surface area contributed by atoms with Crippen molar-refractivity contribution in [1.29, 1.82) is 0 Å². The van der Waals surface area contributed by atoms with Gasteiger partial charge in [-0.3, -0.25) is 4.68 Å². The summed E-state index contributed by atoms with van der Waals surface area (Å²) in [5.41, 5.74) is 6.96. The summed E-state index contributed by atoms with van der Waals surface area (Å²) < 4.78 is 26.2. The SMILES string of the molecule is Cc1nn(C)c(N2CCN(S(C)(=O)=O)CC2)c1C(N)=NO. The predicted octanol–water partition coefficient (Wildman–Crippen LogP) is -1.10. The van der Waals surface area contributed by atoms with Crippen LogP contribution in [0.15, 0.2) is 5.16 Å². The number of nitrogens with zero attached hydrogens (tertiary/aromatic N) is 5. The normalized spacial score (nSPS) is 18.2. The van der Waals surface area contributed by atoms with Gasteiger partial charge in [0.1, 0.15) is 5.82 Å². The Kier molecular flexibility index (Phi) is 4.10. The maximum absolute atomic E-state index is 11.5. The Balaban J connectivity index is 2.29. The number of rotatable bonds is 3. The van der Waals surface area contributed by atoms with Crippen LogP contribution in [0.3, 0.4) is 0 Å². The number of aryl methyl sites for hydroxylation is 2. The second-order valence-corrected chi connectivity index (χ2v) is 7.02. The van der Waals surface area contributed by atoms with E-state index in [0.29, 0.717) is 37.4 Å². The van der Waals surface area contributed by atoms with Crippen molar-refractivity contribution in [3.8, 4) is 0 Å². The fourth-order valence-electron chi connectivity index (χ4n) is 2.59. The van der Waals surface area contributed by atoms with Gasteiger partial charge in [-0.25, -0.2) is 8.42 Å². The lowest BCUT2D eigenvalue weighted by molar-refractivity contribution is 0.318. The molecule has 9 nitrogen and oxygen atoms in total. The van der Waals surface area contributed by atoms with Gasteiger partial charge in [0.25, 0.3) is 0 Å². The smallest absolute Gasteiger partial charge is 0.211 e. The van der Waals surface area contributed by atoms with Gasteiger partial charge < -0.3 is 15.8 Å². The van der Waals surface area contributed by atoms with E-state index < -0.39 is 10.0 Å². The van der Waals surface area contributed by atoms with Crippen LogP contribution in [0.2, 0.25) is 0 Å². The van der Waals surface area contributed by atoms with Crippen molar-refractivity contribution in [2.24, 2.45) is 17.9 Å². The maximum atomic E-state index is 11.5. The summed E-state index contributed by atoms with van der Waals surface area (Å²) in [5.74, 6) is 0.733. The van der Waals surface area contributed by atoms with E-state index in [2.05, 4.69) is 10.3 Å². The van der Waals surface area contributed by atoms with Crippen molar-refractivity contribution in [1.82, 2.24) is 14.1 Å². The molecule has 21 heavy (non-hydrogen) atoms. The minimum atomic E-state index is -3.17. The Bertz CT molecular complexity index is 658. The zero-order valence-electron chi connectivity index (χ0n) is 12.3. The van der Waals surface area contributed by atoms with Gasteiger partial charge in [0.05, 0.1) is 17.5 Å². The maximum Gasteiger partial charge on any atom is 0.211 e. The highest BCUT2D eigenvalue weighted by atomic mass is 32.2. The van der Waals surface area contributed by atoms with E-state index >= 15 is 0 Å². The monoisotopic (exact) mass is 316 g/mol. The fraction of sp³-hybridized carbons (Fsp3) is 0.636. The Morgan fingerprint density at radius 1 is 1.33 bits per heavy atom. The largest absolute Gasteiger partial charge is 0.409 e. The molecule has 0 radical (unpaired) electrons. The Labute approximate surface area is 123 Å². The van der Waals surface area contributed by atoms with Gasteiger partial charge in [-0.15, -0.1) is 0 Å². The molecule has 0 saturated carbocycles. The highest BCUT2D eigenvalue weighted by Crippen LogP contribution is 2.24. The minimum absolute atomic E-state index is 0.00106. The standard InChI is InChI=1S/C11H20N6O3S/c1-8-9(10(12)14-18)11(15(2)13-8)16-4-6-17(7-5-16)21(3,19)20/h18H,4-7H2,1-3H3,(H2,12,14). The van der Waals surface area contributed by atoms with E-state index in [1.165, 1.54) is 10.6 Å². The molecule has 1 aromatic heterocycles. The number of piperazine rings is 1. The lowest BCUT2D eigenvalue weighted by Gasteiger charge is -2.34. The van der Waals surface area contributed by atoms with Crippen molar-refractivity contribution in [2.45, 2.75) is 6.92 Å². The zero-order chi connectivity index (χ0) is 15.8. The second-order valence-electron chi connectivity index (χ2n) is 5.04. The highest BCUT2D eigenvalue weighted by molar-refractivity contribution is 7.88. The van der Waals surface area contributed by atoms with Crippen molar-refractivity contribution in [3.63, 3.8) is 0 Å². The highest BCUT2D eigenvalue weighted by Gasteiger charge is 2.28. The number of sulfonamides is 1. The average molecular weight is 316 g/mol. The third-order valence-corrected chi connectivity index (χ3v) is 4.87. The second kappa shape index (κ2) is 5.53. The molecule has 10 heteroatoms. The molecule has 2 heterocycles. The zero-order valence-corrected chi connectivity index (χ0v) is 13.1. The molecule has 1 aromatic rings. The van der Waals surface area contributed by atoms with Crippen LogP contribution < -0.4 is 10.6 Å². The van der Waals surface area contributed by atoms with Crippen LogP contribution in [-0.4, -0.2) is 66.0 Å². The van der Waals surface area contributed by atoms with E-state index in [1.54, 1.807) is 18.7 Å². The van der Waals surface area contributed by atoms with Crippen LogP contribution in [0.1, 0.15) is 11.3 Å². The van der Waals surface area contributed by atoms with E-state index in [-0.39, 0.29) is 5.84 Å². The number of hydrogen-bond acceptors (Lipinski definition) is 6. The van der Waals surface area contributed by atoms with Crippen LogP contribution in [0, 0.1) is 6.92 Å². The topological polar surface area (TPSA) is 117 Å². The molecule has 1 aliphatic rings. The van der Waals surface area contributed by atoms with Gasteiger partial charge in [-0.05, 0) is 6.92 Å². The van der Waals surface area contributed by atoms with Crippen LogP contribution >= 0.6 is 0 Å². The number of hydrogen-bond donors (Lipinski definition) is 2. The first-order valence-electron chi connectivity index (χ1n) is 6.47. The van der Waals surface area contributed by atoms with Crippen molar-refractivity contribution >= 4 is 21.7 Å². The summed E-state index contributed by atoms with van der Waals surface area (Å²) in [5, 5.41) is 16.3. The number of anilines is 1. The molecule has 3 N–H and O–H groups in total. The summed E-state index contributed by atoms with van der Waals surface area (Å²) in [6.07, 6.45) is 1.21. The van der Waals surface area contributed by atoms with E-state index in [0.717, 1.165) is 5.82 Å². The first kappa shape index (κ1) is 15.6. The first-order valence-corrected chi connectivity index (χ1v) is 8.32. The van der Waals surface area contributed by atoms with E-state index in [1.807, 2.05) is 4.90 Å². The molecular formula is C11H20N6O3S. The lowest BCUT2D eigenvalue weighted by Crippen LogP contribution is -2.49. The van der Waals surface area contributed by atoms with Gasteiger partial charge in [0, 0.05) is 33.2 Å². The average Bonchev–Trinajstić information content (AvgIpc) is 2.71. The summed E-state index contributed by atoms with van der Waals surface area (Å²) in [6, 6.07) is 0. The first-order chi connectivity index (χ1) is 9.75. The molecule has 0 unspecified atom stereocenters. The fourth-order valence-corrected chi connectivity index (χ4v) is 3.42. The molecule has 1 fully saturated rings. The van der Waals surface area contributed by atoms with Crippen molar-refractivity contribution < 1.29 is 13.6 Å². The van der Waals surface area contributed by atoms with Gasteiger partial charge >= 0.3 is 0 Å². The molecule has 0 aromatic carbocycles. The summed E-state index contributed by atoms with van der Waals surface area (Å²) >= 11 is 0. The minimum Gasteiger partial charge on any atom is -0.409 e. The lowest BCUT2D eigenvalue weighted by atomic mass is 10.2. The van der Waals surface area contributed by atoms with Crippen LogP contribution in [0.4, 0.5) is 5.82 Å². The van der Waals surface area contributed by atoms with Gasteiger partial charge in [0.15, 0.2) is 5.84 Å². The molecule has 2 rings (SSSR count). The molecule has 118 valence electrons. The van der Waals surface area contributed by atoms with Gasteiger partial charge in [-0.1, -0.05) is 5.16 Å². The summed E-state index contributed by atoms with van der Waals surface area (Å²) in [6.45, 7) is 3.64. The van der Waals surface area contributed by atoms with Crippen LogP contribution in [0.5, 0.6) is 0 Å². The predicted molar refractivity (Wildman–Crippen MR) is 79.1 cm³/mol. The molecule has 1 saturated heterocycles. The molecule has 0 aliphatic carbocycles. The van der Waals surface area contributed by atoms with Crippen molar-refractivity contribution in [3.05, 3.63) is 11.3 Å². The number of aromatic nitrogens is 2. The quantitative estimate of drug-likeness (QED) is 0.316. The number of amidine groups is 1. The molecule has 0 spiro atoms. The third kappa shape index (κ3) is 2.95. The van der Waals surface area contributed by atoms with Crippen LogP contribution in [-0.2, 0) is 17.1 Å². The van der Waals surface area contributed by atoms with Crippen molar-refractivity contribution in [2.75, 3.05) is 37.3 Å². The van der Waals surface area contributed by atoms with Gasteiger partial charge in [-0.2, -0.15) is 9.40 Å². The number of oxime groups is 1.